The fraction of sp³-hybridized carbons (Fsp3) is 0.375. The molecule has 8 heteroatoms. The summed E-state index contributed by atoms with van der Waals surface area (Å²) in [5, 5.41) is 29.1. The maximum absolute atomic E-state index is 14.2. The fourth-order valence-electron chi connectivity index (χ4n) is 2.38. The van der Waals surface area contributed by atoms with Crippen LogP contribution in [0.5, 0.6) is 5.75 Å². The first-order chi connectivity index (χ1) is 11.5. The minimum atomic E-state index is -1.33. The number of halogens is 1. The van der Waals surface area contributed by atoms with Crippen LogP contribution in [0.1, 0.15) is 5.69 Å². The van der Waals surface area contributed by atoms with Gasteiger partial charge in [-0.15, -0.1) is 11.8 Å². The first kappa shape index (κ1) is 17.1. The normalized spacial score (nSPS) is 27.0. The van der Waals surface area contributed by atoms with Gasteiger partial charge >= 0.3 is 0 Å². The van der Waals surface area contributed by atoms with Gasteiger partial charge in [0.2, 0.25) is 0 Å². The number of rotatable bonds is 3. The molecule has 1 aliphatic rings. The van der Waals surface area contributed by atoms with Crippen LogP contribution < -0.4 is 4.74 Å². The molecule has 4 atom stereocenters. The Bertz CT molecular complexity index is 733. The maximum Gasteiger partial charge on any atom is 0.255 e. The molecule has 128 valence electrons. The minimum absolute atomic E-state index is 0.121. The lowest BCUT2D eigenvalue weighted by Crippen LogP contribution is -2.50. The first-order valence-electron chi connectivity index (χ1n) is 7.38. The lowest BCUT2D eigenvalue weighted by Gasteiger charge is -2.34. The highest BCUT2D eigenvalue weighted by atomic mass is 32.2. The molecule has 0 radical (unpaired) electrons. The molecule has 2 aromatic rings. The molecule has 24 heavy (non-hydrogen) atoms. The number of aliphatic hydroxyl groups is 3. The number of ether oxygens (including phenoxy) is 1. The van der Waals surface area contributed by atoms with Crippen LogP contribution in [0.4, 0.5) is 4.39 Å². The van der Waals surface area contributed by atoms with Crippen molar-refractivity contribution in [3.8, 4) is 17.0 Å². The molecule has 3 heterocycles. The number of aromatic nitrogens is 2. The fourth-order valence-corrected chi connectivity index (χ4v) is 3.50. The van der Waals surface area contributed by atoms with E-state index in [0.717, 1.165) is 23.0 Å². The van der Waals surface area contributed by atoms with Crippen LogP contribution in [0, 0.1) is 12.9 Å². The Kier molecular flexibility index (Phi) is 5.00. The third-order valence-corrected chi connectivity index (χ3v) is 4.94. The molecule has 2 aromatic heterocycles. The van der Waals surface area contributed by atoms with E-state index in [-0.39, 0.29) is 11.5 Å². The van der Waals surface area contributed by atoms with E-state index in [1.165, 1.54) is 6.07 Å². The molecule has 6 nitrogen and oxygen atoms in total. The smallest absolute Gasteiger partial charge is 0.255 e. The Balaban J connectivity index is 1.78. The topological polar surface area (TPSA) is 95.7 Å². The summed E-state index contributed by atoms with van der Waals surface area (Å²) in [5.74, 6) is -0.744. The Morgan fingerprint density at radius 1 is 1.21 bits per heavy atom. The molecule has 0 aliphatic carbocycles. The van der Waals surface area contributed by atoms with Crippen molar-refractivity contribution in [3.63, 3.8) is 0 Å². The Morgan fingerprint density at radius 3 is 2.71 bits per heavy atom. The number of thioether (sulfide) groups is 1. The molecule has 0 aromatic carbocycles. The van der Waals surface area contributed by atoms with E-state index in [1.807, 2.05) is 6.92 Å². The van der Waals surface area contributed by atoms with Gasteiger partial charge in [-0.25, -0.2) is 4.98 Å². The summed E-state index contributed by atoms with van der Waals surface area (Å²) in [6.07, 6.45) is -2.06. The minimum Gasteiger partial charge on any atom is -0.472 e. The van der Waals surface area contributed by atoms with Crippen LogP contribution in [0.3, 0.4) is 0 Å². The van der Waals surface area contributed by atoms with Gasteiger partial charge in [0.05, 0.1) is 11.8 Å². The third-order valence-electron chi connectivity index (χ3n) is 3.70. The molecule has 0 bridgehead atoms. The van der Waals surface area contributed by atoms with Crippen LogP contribution in [0.2, 0.25) is 0 Å². The zero-order valence-corrected chi connectivity index (χ0v) is 13.7. The van der Waals surface area contributed by atoms with Gasteiger partial charge in [-0.05, 0) is 31.2 Å². The van der Waals surface area contributed by atoms with E-state index in [4.69, 9.17) is 4.74 Å². The summed E-state index contributed by atoms with van der Waals surface area (Å²) in [6.45, 7) is 1.83. The second kappa shape index (κ2) is 7.02. The predicted molar refractivity (Wildman–Crippen MR) is 87.1 cm³/mol. The van der Waals surface area contributed by atoms with Crippen LogP contribution in [0.15, 0.2) is 30.5 Å². The molecular weight excluding hydrogens is 335 g/mol. The molecule has 0 saturated carbocycles. The molecule has 1 fully saturated rings. The van der Waals surface area contributed by atoms with Gasteiger partial charge in [-0.3, -0.25) is 4.98 Å². The quantitative estimate of drug-likeness (QED) is 0.713. The molecule has 0 amide bonds. The lowest BCUT2D eigenvalue weighted by molar-refractivity contribution is -0.0790. The third kappa shape index (κ3) is 3.51. The number of hydrogen-bond acceptors (Lipinski definition) is 7. The highest BCUT2D eigenvalue weighted by molar-refractivity contribution is 7.99. The van der Waals surface area contributed by atoms with Crippen molar-refractivity contribution >= 4 is 11.8 Å². The van der Waals surface area contributed by atoms with Crippen molar-refractivity contribution in [3.05, 3.63) is 42.1 Å². The zero-order valence-electron chi connectivity index (χ0n) is 12.8. The Hall–Kier alpha value is -1.74. The number of aryl methyl sites for hydroxylation is 1. The number of aliphatic hydroxyl groups excluding tert-OH is 3. The molecule has 3 N–H and O–H groups in total. The van der Waals surface area contributed by atoms with Gasteiger partial charge in [-0.1, -0.05) is 0 Å². The van der Waals surface area contributed by atoms with Crippen LogP contribution >= 0.6 is 11.8 Å². The van der Waals surface area contributed by atoms with Gasteiger partial charge in [-0.2, -0.15) is 4.39 Å². The van der Waals surface area contributed by atoms with Gasteiger partial charge in [0.25, 0.3) is 5.95 Å². The summed E-state index contributed by atoms with van der Waals surface area (Å²) in [6, 6.07) is 6.56. The number of hydrogen-bond donors (Lipinski definition) is 3. The van der Waals surface area contributed by atoms with Crippen molar-refractivity contribution in [2.45, 2.75) is 30.7 Å². The van der Waals surface area contributed by atoms with Crippen molar-refractivity contribution in [2.75, 3.05) is 5.75 Å². The van der Waals surface area contributed by atoms with E-state index in [0.29, 0.717) is 5.69 Å². The summed E-state index contributed by atoms with van der Waals surface area (Å²) in [7, 11) is 0. The summed E-state index contributed by atoms with van der Waals surface area (Å²) in [4.78, 5) is 7.97. The van der Waals surface area contributed by atoms with Crippen LogP contribution in [-0.4, -0.2) is 54.8 Å². The molecular formula is C16H17FN2O4S. The van der Waals surface area contributed by atoms with E-state index < -0.39 is 29.7 Å². The second-order valence-corrected chi connectivity index (χ2v) is 6.67. The number of pyridine rings is 2. The average molecular weight is 352 g/mol. The summed E-state index contributed by atoms with van der Waals surface area (Å²) in [5.41, 5.74) is 1.09. The predicted octanol–water partition coefficient (Wildman–Crippen LogP) is 1.13. The Morgan fingerprint density at radius 2 is 2.00 bits per heavy atom. The molecule has 1 saturated heterocycles. The van der Waals surface area contributed by atoms with E-state index in [1.54, 1.807) is 24.4 Å². The summed E-state index contributed by atoms with van der Waals surface area (Å²) < 4.78 is 19.7. The van der Waals surface area contributed by atoms with E-state index >= 15 is 0 Å². The highest BCUT2D eigenvalue weighted by Crippen LogP contribution is 2.31. The molecule has 3 rings (SSSR count). The standard InChI is InChI=1S/C16H17FN2O4S/c1-8-6-9(4-5-18-8)10-2-3-12(15(17)19-10)23-16-14(22)13(21)11(20)7-24-16/h2-6,11,13-14,16,20-22H,7H2,1H3/t11-,13+,14-,16-/m1/s1. The lowest BCUT2D eigenvalue weighted by atomic mass is 10.1. The largest absolute Gasteiger partial charge is 0.472 e. The second-order valence-electron chi connectivity index (χ2n) is 5.54. The Labute approximate surface area is 142 Å². The maximum atomic E-state index is 14.2. The van der Waals surface area contributed by atoms with Gasteiger partial charge in [0.1, 0.15) is 12.2 Å². The number of nitrogens with zero attached hydrogens (tertiary/aromatic N) is 2. The van der Waals surface area contributed by atoms with Gasteiger partial charge in [0.15, 0.2) is 11.2 Å². The van der Waals surface area contributed by atoms with Gasteiger partial charge in [0, 0.05) is 23.2 Å². The van der Waals surface area contributed by atoms with Crippen LogP contribution in [0.25, 0.3) is 11.3 Å². The molecule has 0 unspecified atom stereocenters. The molecule has 0 spiro atoms. The monoisotopic (exact) mass is 352 g/mol. The van der Waals surface area contributed by atoms with E-state index in [2.05, 4.69) is 9.97 Å². The first-order valence-corrected chi connectivity index (χ1v) is 8.42. The van der Waals surface area contributed by atoms with E-state index in [9.17, 15) is 19.7 Å². The highest BCUT2D eigenvalue weighted by Gasteiger charge is 2.38. The van der Waals surface area contributed by atoms with Crippen LogP contribution in [-0.2, 0) is 0 Å². The average Bonchev–Trinajstić information content (AvgIpc) is 2.57. The molecule has 1 aliphatic heterocycles. The van der Waals surface area contributed by atoms with Crippen molar-refractivity contribution in [2.24, 2.45) is 0 Å². The summed E-state index contributed by atoms with van der Waals surface area (Å²) >= 11 is 1.10. The van der Waals surface area contributed by atoms with Crippen molar-refractivity contribution < 1.29 is 24.4 Å². The van der Waals surface area contributed by atoms with Crippen molar-refractivity contribution in [1.29, 1.82) is 0 Å². The zero-order chi connectivity index (χ0) is 17.3. The van der Waals surface area contributed by atoms with Gasteiger partial charge < -0.3 is 20.1 Å². The van der Waals surface area contributed by atoms with Crippen molar-refractivity contribution in [1.82, 2.24) is 9.97 Å². The SMILES string of the molecule is Cc1cc(-c2ccc(O[C@@H]3SC[C@@H](O)[C@H](O)[C@H]3O)c(F)n2)ccn1.